The van der Waals surface area contributed by atoms with Crippen molar-refractivity contribution in [2.24, 2.45) is 0 Å². The first-order valence-electron chi connectivity index (χ1n) is 11.7. The van der Waals surface area contributed by atoms with Gasteiger partial charge >= 0.3 is 30.1 Å². The molecule has 4 nitrogen and oxygen atoms in total. The molecule has 0 aliphatic heterocycles. The molecule has 0 aromatic heterocycles. The van der Waals surface area contributed by atoms with Crippen LogP contribution in [0.5, 0.6) is 0 Å². The summed E-state index contributed by atoms with van der Waals surface area (Å²) in [7, 11) is 1.04. The summed E-state index contributed by atoms with van der Waals surface area (Å²) in [6.45, 7) is 0. The Bertz CT molecular complexity index is 1690. The van der Waals surface area contributed by atoms with Gasteiger partial charge in [-0.2, -0.15) is 48.3 Å². The second-order valence-corrected chi connectivity index (χ2v) is 11.2. The first kappa shape index (κ1) is 37.5. The maximum Gasteiger partial charge on any atom is 0.457 e. The maximum absolute atomic E-state index is 15.4. The smallest absolute Gasteiger partial charge is 0.320 e. The van der Waals surface area contributed by atoms with Gasteiger partial charge < -0.3 is 10.2 Å². The maximum atomic E-state index is 15.4. The molecule has 0 spiro atoms. The van der Waals surface area contributed by atoms with Crippen LogP contribution < -0.4 is 10.2 Å². The summed E-state index contributed by atoms with van der Waals surface area (Å²) in [5.41, 5.74) is -15.3. The molecule has 250 valence electrons. The Morgan fingerprint density at radius 2 is 1.39 bits per heavy atom. The lowest BCUT2D eigenvalue weighted by atomic mass is 9.86. The average Bonchev–Trinajstić information content (AvgIpc) is 2.92. The Labute approximate surface area is 272 Å². The first-order chi connectivity index (χ1) is 20.8. The summed E-state index contributed by atoms with van der Waals surface area (Å²) < 4.78 is 178. The van der Waals surface area contributed by atoms with Gasteiger partial charge in [0.1, 0.15) is 0 Å². The highest BCUT2D eigenvalue weighted by atomic mass is 127. The highest BCUT2D eigenvalue weighted by Gasteiger charge is 2.82. The van der Waals surface area contributed by atoms with E-state index in [0.717, 1.165) is 47.8 Å². The SMILES string of the molecule is CN(C(=O)c1ccc(Cl)c(Cl)c1)c1cccc(C(=O)Nc2c(I)cc(C(F)(C(F)(F)F)C(F)(F)C(F)(F)F)cc2C(F)(F)F)c1F. The van der Waals surface area contributed by atoms with Crippen molar-refractivity contribution in [2.75, 3.05) is 17.3 Å². The summed E-state index contributed by atoms with van der Waals surface area (Å²) >= 11 is 12.4. The van der Waals surface area contributed by atoms with Gasteiger partial charge in [0.2, 0.25) is 0 Å². The fourth-order valence-electron chi connectivity index (χ4n) is 3.94. The third kappa shape index (κ3) is 6.69. The van der Waals surface area contributed by atoms with Gasteiger partial charge in [0.05, 0.1) is 32.5 Å². The molecule has 0 aliphatic carbocycles. The number of hydrogen-bond donors (Lipinski definition) is 1. The van der Waals surface area contributed by atoms with Crippen LogP contribution in [-0.2, 0) is 11.8 Å². The highest BCUT2D eigenvalue weighted by molar-refractivity contribution is 14.1. The second-order valence-electron chi connectivity index (χ2n) is 9.19. The van der Waals surface area contributed by atoms with Crippen LogP contribution in [-0.4, -0.2) is 37.1 Å². The second kappa shape index (κ2) is 12.6. The molecule has 0 saturated heterocycles. The van der Waals surface area contributed by atoms with Crippen LogP contribution >= 0.6 is 45.8 Å². The fourth-order valence-corrected chi connectivity index (χ4v) is 5.00. The standard InChI is InChI=1S/C26H12Cl2F13IN2O2/c1-44(21(46)10-5-6-14(27)15(28)7-10)17-4-2-3-12(18(17)29)20(45)43-19-13(23(31,32)33)8-11(9-16(19)42)22(30,25(36,37)38)24(34,35)26(39,40)41/h2-9H,1H3,(H,43,45). The minimum absolute atomic E-state index is 0.0574. The molecule has 1 atom stereocenters. The predicted molar refractivity (Wildman–Crippen MR) is 148 cm³/mol. The minimum atomic E-state index is -7.28. The van der Waals surface area contributed by atoms with E-state index in [4.69, 9.17) is 23.2 Å². The number of alkyl halides is 12. The van der Waals surface area contributed by atoms with E-state index in [-0.39, 0.29) is 15.6 Å². The number of amides is 2. The molecular formula is C26H12Cl2F13IN2O2. The molecule has 0 fully saturated rings. The van der Waals surface area contributed by atoms with E-state index < -0.39 is 91.5 Å². The monoisotopic (exact) mass is 828 g/mol. The van der Waals surface area contributed by atoms with Crippen molar-refractivity contribution < 1.29 is 66.7 Å². The van der Waals surface area contributed by atoms with E-state index in [2.05, 4.69) is 0 Å². The van der Waals surface area contributed by atoms with Crippen molar-refractivity contribution in [1.82, 2.24) is 0 Å². The van der Waals surface area contributed by atoms with Gasteiger partial charge in [0, 0.05) is 21.7 Å². The number of nitrogens with zero attached hydrogens (tertiary/aromatic N) is 1. The van der Waals surface area contributed by atoms with Crippen LogP contribution in [0.1, 0.15) is 31.8 Å². The Morgan fingerprint density at radius 1 is 0.804 bits per heavy atom. The molecule has 0 radical (unpaired) electrons. The summed E-state index contributed by atoms with van der Waals surface area (Å²) in [6, 6.07) is 4.85. The Balaban J connectivity index is 2.12. The topological polar surface area (TPSA) is 49.4 Å². The molecule has 0 heterocycles. The third-order valence-corrected chi connectivity index (χ3v) is 7.86. The number of benzene rings is 3. The van der Waals surface area contributed by atoms with Crippen molar-refractivity contribution in [2.45, 2.75) is 30.1 Å². The molecule has 2 amide bonds. The normalized spacial score (nSPS) is 14.1. The lowest BCUT2D eigenvalue weighted by molar-refractivity contribution is -0.389. The van der Waals surface area contributed by atoms with E-state index >= 15 is 4.39 Å². The van der Waals surface area contributed by atoms with E-state index in [1.54, 1.807) is 0 Å². The lowest BCUT2D eigenvalue weighted by Gasteiger charge is -2.36. The molecule has 46 heavy (non-hydrogen) atoms. The first-order valence-corrected chi connectivity index (χ1v) is 13.5. The zero-order valence-corrected chi connectivity index (χ0v) is 25.6. The Kier molecular flexibility index (Phi) is 10.2. The quantitative estimate of drug-likeness (QED) is 0.199. The van der Waals surface area contributed by atoms with Gasteiger partial charge in [-0.15, -0.1) is 0 Å². The molecule has 1 unspecified atom stereocenters. The fraction of sp³-hybridized carbons (Fsp3) is 0.231. The number of carbonyl (C=O) groups excluding carboxylic acids is 2. The number of rotatable bonds is 6. The average molecular weight is 829 g/mol. The van der Waals surface area contributed by atoms with Gasteiger partial charge in [-0.25, -0.2) is 8.78 Å². The summed E-state index contributed by atoms with van der Waals surface area (Å²) in [6.07, 6.45) is -20.2. The van der Waals surface area contributed by atoms with E-state index in [0.29, 0.717) is 11.0 Å². The number of halogens is 16. The van der Waals surface area contributed by atoms with Gasteiger partial charge in [0.15, 0.2) is 5.82 Å². The zero-order chi connectivity index (χ0) is 35.4. The zero-order valence-electron chi connectivity index (χ0n) is 21.9. The van der Waals surface area contributed by atoms with Crippen LogP contribution in [0.25, 0.3) is 0 Å². The number of nitrogens with one attached hydrogen (secondary N) is 1. The molecule has 0 bridgehead atoms. The van der Waals surface area contributed by atoms with Crippen LogP contribution in [0.4, 0.5) is 68.5 Å². The Hall–Kier alpha value is -3.00. The Morgan fingerprint density at radius 3 is 1.89 bits per heavy atom. The molecule has 3 aromatic carbocycles. The van der Waals surface area contributed by atoms with E-state index in [9.17, 15) is 62.3 Å². The summed E-state index contributed by atoms with van der Waals surface area (Å²) in [5.74, 6) is -11.4. The van der Waals surface area contributed by atoms with Gasteiger partial charge in [-0.1, -0.05) is 29.3 Å². The number of anilines is 2. The van der Waals surface area contributed by atoms with Crippen LogP contribution in [0, 0.1) is 9.39 Å². The largest absolute Gasteiger partial charge is 0.457 e. The summed E-state index contributed by atoms with van der Waals surface area (Å²) in [4.78, 5) is 26.4. The number of hydrogen-bond acceptors (Lipinski definition) is 2. The van der Waals surface area contributed by atoms with Gasteiger partial charge in [0.25, 0.3) is 11.8 Å². The number of carbonyl (C=O) groups is 2. The van der Waals surface area contributed by atoms with Crippen LogP contribution in [0.2, 0.25) is 10.0 Å². The van der Waals surface area contributed by atoms with Crippen molar-refractivity contribution in [3.8, 4) is 0 Å². The summed E-state index contributed by atoms with van der Waals surface area (Å²) in [5, 5.41) is 1.52. The van der Waals surface area contributed by atoms with Crippen LogP contribution in [0.3, 0.4) is 0 Å². The molecule has 0 aliphatic rings. The van der Waals surface area contributed by atoms with Crippen molar-refractivity contribution in [1.29, 1.82) is 0 Å². The van der Waals surface area contributed by atoms with Crippen molar-refractivity contribution in [3.05, 3.63) is 90.2 Å². The van der Waals surface area contributed by atoms with Gasteiger partial charge in [-0.3, -0.25) is 9.59 Å². The molecule has 1 N–H and O–H groups in total. The molecule has 3 aromatic rings. The van der Waals surface area contributed by atoms with Crippen molar-refractivity contribution >= 4 is 69.0 Å². The lowest BCUT2D eigenvalue weighted by Crippen LogP contribution is -2.59. The predicted octanol–water partition coefficient (Wildman–Crippen LogP) is 10.2. The van der Waals surface area contributed by atoms with Crippen LogP contribution in [0.15, 0.2) is 48.5 Å². The van der Waals surface area contributed by atoms with E-state index in [1.165, 1.54) is 17.4 Å². The van der Waals surface area contributed by atoms with Gasteiger partial charge in [-0.05, 0) is 65.1 Å². The minimum Gasteiger partial charge on any atom is -0.320 e. The molecule has 20 heteroatoms. The molecular weight excluding hydrogens is 817 g/mol. The molecule has 3 rings (SSSR count). The highest BCUT2D eigenvalue weighted by Crippen LogP contribution is 2.59. The van der Waals surface area contributed by atoms with Crippen molar-refractivity contribution in [3.63, 3.8) is 0 Å². The molecule has 0 saturated carbocycles. The van der Waals surface area contributed by atoms with E-state index in [1.807, 2.05) is 0 Å². The third-order valence-electron chi connectivity index (χ3n) is 6.27.